The molecule has 23 heavy (non-hydrogen) atoms. The van der Waals surface area contributed by atoms with Gasteiger partial charge in [-0.25, -0.2) is 8.42 Å². The Morgan fingerprint density at radius 3 is 2.57 bits per heavy atom. The van der Waals surface area contributed by atoms with Gasteiger partial charge in [-0.1, -0.05) is 36.1 Å². The summed E-state index contributed by atoms with van der Waals surface area (Å²) in [6.45, 7) is 2.24. The summed E-state index contributed by atoms with van der Waals surface area (Å²) in [4.78, 5) is 13.8. The minimum Gasteiger partial charge on any atom is -0.748 e. The van der Waals surface area contributed by atoms with Gasteiger partial charge in [-0.3, -0.25) is 9.69 Å². The molecule has 0 radical (unpaired) electrons. The van der Waals surface area contributed by atoms with E-state index in [0.717, 1.165) is 28.0 Å². The quantitative estimate of drug-likeness (QED) is 0.428. The second kappa shape index (κ2) is 7.43. The molecule has 1 amide bonds. The molecule has 1 heterocycles. The summed E-state index contributed by atoms with van der Waals surface area (Å²) >= 11 is 6.15. The van der Waals surface area contributed by atoms with Gasteiger partial charge in [0, 0.05) is 6.54 Å². The predicted molar refractivity (Wildman–Crippen MR) is 92.1 cm³/mol. The van der Waals surface area contributed by atoms with Crippen LogP contribution < -0.4 is 4.74 Å². The number of thioether (sulfide) groups is 1. The number of benzene rings is 1. The van der Waals surface area contributed by atoms with E-state index in [-0.39, 0.29) is 10.9 Å². The van der Waals surface area contributed by atoms with E-state index in [1.54, 1.807) is 30.3 Å². The average molecular weight is 372 g/mol. The van der Waals surface area contributed by atoms with Crippen molar-refractivity contribution in [2.24, 2.45) is 0 Å². The number of thiocarbonyl (C=S) groups is 1. The van der Waals surface area contributed by atoms with Crippen LogP contribution in [0.2, 0.25) is 0 Å². The zero-order chi connectivity index (χ0) is 17.0. The molecule has 0 aliphatic carbocycles. The molecule has 2 rings (SSSR count). The van der Waals surface area contributed by atoms with E-state index in [1.807, 2.05) is 6.92 Å². The lowest BCUT2D eigenvalue weighted by molar-refractivity contribution is -0.121. The van der Waals surface area contributed by atoms with E-state index in [1.165, 1.54) is 0 Å². The van der Waals surface area contributed by atoms with E-state index in [2.05, 4.69) is 0 Å². The Morgan fingerprint density at radius 1 is 1.35 bits per heavy atom. The van der Waals surface area contributed by atoms with E-state index in [4.69, 9.17) is 17.0 Å². The van der Waals surface area contributed by atoms with Gasteiger partial charge in [0.1, 0.15) is 10.1 Å². The normalized spacial score (nSPS) is 17.1. The minimum absolute atomic E-state index is 0.225. The lowest BCUT2D eigenvalue weighted by atomic mass is 10.2. The summed E-state index contributed by atoms with van der Waals surface area (Å²) in [6.07, 6.45) is 1.67. The van der Waals surface area contributed by atoms with Crippen molar-refractivity contribution < 1.29 is 22.5 Å². The summed E-state index contributed by atoms with van der Waals surface area (Å²) in [6, 6.07) is 7.19. The number of carbonyl (C=O) groups is 1. The Hall–Kier alpha value is -1.42. The maximum Gasteiger partial charge on any atom is 0.266 e. The molecule has 1 aliphatic rings. The van der Waals surface area contributed by atoms with Crippen molar-refractivity contribution in [1.82, 2.24) is 4.90 Å². The molecule has 9 heteroatoms. The number of hydrogen-bond acceptors (Lipinski definition) is 7. The molecule has 124 valence electrons. The Labute approximate surface area is 144 Å². The molecule has 0 aromatic heterocycles. The highest BCUT2D eigenvalue weighted by Crippen LogP contribution is 2.32. The van der Waals surface area contributed by atoms with Crippen molar-refractivity contribution >= 4 is 50.4 Å². The van der Waals surface area contributed by atoms with Crippen molar-refractivity contribution in [3.8, 4) is 5.75 Å². The van der Waals surface area contributed by atoms with Crippen LogP contribution in [0.25, 0.3) is 6.08 Å². The fourth-order valence-corrected chi connectivity index (χ4v) is 3.59. The molecule has 1 aromatic carbocycles. The maximum absolute atomic E-state index is 12.2. The molecule has 1 fully saturated rings. The van der Waals surface area contributed by atoms with Crippen molar-refractivity contribution in [2.45, 2.75) is 6.92 Å². The summed E-state index contributed by atoms with van der Waals surface area (Å²) in [5.41, 5.74) is 0.797. The first kappa shape index (κ1) is 17.9. The van der Waals surface area contributed by atoms with Crippen molar-refractivity contribution in [3.05, 3.63) is 34.7 Å². The van der Waals surface area contributed by atoms with Gasteiger partial charge in [0.15, 0.2) is 0 Å². The van der Waals surface area contributed by atoms with Crippen molar-refractivity contribution in [3.63, 3.8) is 0 Å². The minimum atomic E-state index is -4.39. The number of carbonyl (C=O) groups excluding carboxylic acids is 1. The molecule has 0 N–H and O–H groups in total. The molecule has 1 aromatic rings. The fraction of sp³-hybridized carbons (Fsp3) is 0.286. The molecular formula is C14H14NO5S3-. The first-order chi connectivity index (χ1) is 10.8. The molecule has 0 atom stereocenters. The Bertz CT molecular complexity index is 740. The molecule has 0 spiro atoms. The van der Waals surface area contributed by atoms with E-state index >= 15 is 0 Å². The molecule has 1 aliphatic heterocycles. The molecule has 0 saturated carbocycles. The fourth-order valence-electron chi connectivity index (χ4n) is 1.87. The van der Waals surface area contributed by atoms with Gasteiger partial charge < -0.3 is 9.29 Å². The van der Waals surface area contributed by atoms with Gasteiger partial charge in [-0.15, -0.1) is 0 Å². The third-order valence-corrected chi connectivity index (χ3v) is 4.99. The van der Waals surface area contributed by atoms with Crippen molar-refractivity contribution in [2.75, 3.05) is 18.9 Å². The maximum atomic E-state index is 12.2. The Kier molecular flexibility index (Phi) is 5.79. The second-order valence-corrected chi connectivity index (χ2v) is 7.80. The second-order valence-electron chi connectivity index (χ2n) is 4.60. The highest BCUT2D eigenvalue weighted by atomic mass is 32.2. The van der Waals surface area contributed by atoms with Crippen LogP contribution in [-0.4, -0.2) is 47.0 Å². The lowest BCUT2D eigenvalue weighted by Crippen LogP contribution is -2.32. The van der Waals surface area contributed by atoms with Crippen LogP contribution in [0.15, 0.2) is 29.2 Å². The Morgan fingerprint density at radius 2 is 2.00 bits per heavy atom. The van der Waals surface area contributed by atoms with Gasteiger partial charge in [0.2, 0.25) is 0 Å². The zero-order valence-electron chi connectivity index (χ0n) is 12.2. The highest BCUT2D eigenvalue weighted by Gasteiger charge is 2.31. The van der Waals surface area contributed by atoms with Crippen LogP contribution in [-0.2, 0) is 14.9 Å². The molecule has 0 bridgehead atoms. The number of hydrogen-bond donors (Lipinski definition) is 0. The van der Waals surface area contributed by atoms with Crippen LogP contribution in [0.3, 0.4) is 0 Å². The van der Waals surface area contributed by atoms with Crippen LogP contribution in [0, 0.1) is 0 Å². The van der Waals surface area contributed by atoms with Crippen LogP contribution in [0.1, 0.15) is 12.5 Å². The van der Waals surface area contributed by atoms with Crippen molar-refractivity contribution in [1.29, 1.82) is 0 Å². The summed E-state index contributed by atoms with van der Waals surface area (Å²) in [5, 5.41) is 0. The number of ether oxygens (including phenoxy) is 1. The summed E-state index contributed by atoms with van der Waals surface area (Å²) in [5.74, 6) is -0.314. The number of nitrogens with zero attached hydrogens (tertiary/aromatic N) is 1. The Balaban J connectivity index is 2.11. The molecular weight excluding hydrogens is 358 g/mol. The third-order valence-electron chi connectivity index (χ3n) is 2.93. The van der Waals surface area contributed by atoms with Crippen LogP contribution in [0.4, 0.5) is 0 Å². The van der Waals surface area contributed by atoms with Gasteiger partial charge in [-0.05, 0) is 30.7 Å². The van der Waals surface area contributed by atoms with Gasteiger partial charge in [0.25, 0.3) is 5.91 Å². The topological polar surface area (TPSA) is 86.7 Å². The summed E-state index contributed by atoms with van der Waals surface area (Å²) in [7, 11) is -4.39. The van der Waals surface area contributed by atoms with Gasteiger partial charge >= 0.3 is 0 Å². The molecule has 1 saturated heterocycles. The first-order valence-electron chi connectivity index (χ1n) is 6.72. The number of amides is 1. The first-order valence-corrected chi connectivity index (χ1v) is 9.52. The third kappa shape index (κ3) is 5.03. The average Bonchev–Trinajstić information content (AvgIpc) is 2.73. The largest absolute Gasteiger partial charge is 0.748 e. The zero-order valence-corrected chi connectivity index (χ0v) is 14.7. The smallest absolute Gasteiger partial charge is 0.266 e. The molecule has 6 nitrogen and oxygen atoms in total. The highest BCUT2D eigenvalue weighted by molar-refractivity contribution is 8.26. The summed E-state index contributed by atoms with van der Waals surface area (Å²) < 4.78 is 37.7. The monoisotopic (exact) mass is 372 g/mol. The van der Waals surface area contributed by atoms with Gasteiger partial charge in [0.05, 0.1) is 27.4 Å². The standard InChI is InChI=1S/C14H15NO5S3/c1-2-20-11-5-3-10(4-6-11)9-12-13(16)15(14(21)22-12)7-8-23(17,18)19/h3-6,9H,2,7-8H2,1H3,(H,17,18,19)/p-1/b12-9-. The van der Waals surface area contributed by atoms with Gasteiger partial charge in [-0.2, -0.15) is 0 Å². The van der Waals surface area contributed by atoms with E-state index in [9.17, 15) is 17.8 Å². The van der Waals surface area contributed by atoms with E-state index < -0.39 is 21.8 Å². The van der Waals surface area contributed by atoms with Crippen LogP contribution in [0.5, 0.6) is 5.75 Å². The molecule has 0 unspecified atom stereocenters. The SMILES string of the molecule is CCOc1ccc(/C=C2\SC(=S)N(CCS(=O)(=O)[O-])C2=O)cc1. The predicted octanol–water partition coefficient (Wildman–Crippen LogP) is 1.83. The van der Waals surface area contributed by atoms with E-state index in [0.29, 0.717) is 11.5 Å². The number of rotatable bonds is 6. The lowest BCUT2D eigenvalue weighted by Gasteiger charge is -2.15. The van der Waals surface area contributed by atoms with Crippen LogP contribution >= 0.6 is 24.0 Å².